The summed E-state index contributed by atoms with van der Waals surface area (Å²) in [5, 5.41) is 10.9. The topological polar surface area (TPSA) is 88.7 Å². The number of β-amino-alcohol motifs (C(OH)–C–C–N with tert-alkyl or cyclic N) is 1. The number of rotatable bonds is 4. The Morgan fingerprint density at radius 1 is 1.42 bits per heavy atom. The lowest BCUT2D eigenvalue weighted by Crippen LogP contribution is -2.29. The van der Waals surface area contributed by atoms with Crippen molar-refractivity contribution in [2.75, 3.05) is 13.1 Å². The van der Waals surface area contributed by atoms with E-state index in [2.05, 4.69) is 9.97 Å². The highest BCUT2D eigenvalue weighted by Crippen LogP contribution is 2.30. The minimum atomic E-state index is -0.473. The molecule has 0 aliphatic carbocycles. The zero-order valence-corrected chi connectivity index (χ0v) is 14.5. The zero-order chi connectivity index (χ0) is 18.1. The second kappa shape index (κ2) is 6.93. The minimum absolute atomic E-state index is 0.0587. The predicted octanol–water partition coefficient (Wildman–Crippen LogP) is 2.66. The summed E-state index contributed by atoms with van der Waals surface area (Å²) in [4.78, 5) is 22.4. The van der Waals surface area contributed by atoms with Crippen molar-refractivity contribution in [1.82, 2.24) is 14.9 Å². The number of halogens is 1. The van der Waals surface area contributed by atoms with Crippen molar-refractivity contribution >= 4 is 28.4 Å². The number of ether oxygens (including phenoxy) is 1. The number of pyridine rings is 1. The van der Waals surface area contributed by atoms with Gasteiger partial charge in [0.2, 0.25) is 5.89 Å². The minimum Gasteiger partial charge on any atom is -0.482 e. The lowest BCUT2D eigenvalue weighted by molar-refractivity contribution is 0.0759. The van der Waals surface area contributed by atoms with E-state index in [1.807, 2.05) is 6.07 Å². The molecule has 1 aliphatic rings. The first-order chi connectivity index (χ1) is 12.6. The molecule has 2 aromatic heterocycles. The normalized spacial score (nSPS) is 17.0. The largest absolute Gasteiger partial charge is 0.482 e. The maximum atomic E-state index is 12.3. The van der Waals surface area contributed by atoms with Gasteiger partial charge in [0.25, 0.3) is 5.91 Å². The number of fused-ring (bicyclic) bond motifs is 1. The molecule has 8 heteroatoms. The van der Waals surface area contributed by atoms with E-state index in [1.165, 1.54) is 6.26 Å². The Morgan fingerprint density at radius 3 is 3.12 bits per heavy atom. The summed E-state index contributed by atoms with van der Waals surface area (Å²) >= 11 is 6.17. The van der Waals surface area contributed by atoms with Crippen molar-refractivity contribution in [2.45, 2.75) is 19.1 Å². The summed E-state index contributed by atoms with van der Waals surface area (Å²) in [5.74, 6) is 0.584. The van der Waals surface area contributed by atoms with E-state index in [0.717, 1.165) is 5.39 Å². The fraction of sp³-hybridized carbons (Fsp3) is 0.278. The number of carbonyl (C=O) groups is 1. The maximum absolute atomic E-state index is 12.3. The van der Waals surface area contributed by atoms with Gasteiger partial charge in [0.15, 0.2) is 12.3 Å². The molecule has 1 atom stereocenters. The second-order valence-electron chi connectivity index (χ2n) is 6.05. The second-order valence-corrected chi connectivity index (χ2v) is 6.46. The van der Waals surface area contributed by atoms with E-state index >= 15 is 0 Å². The van der Waals surface area contributed by atoms with Crippen LogP contribution in [0.1, 0.15) is 22.8 Å². The summed E-state index contributed by atoms with van der Waals surface area (Å²) in [6.45, 7) is 0.893. The van der Waals surface area contributed by atoms with Crippen molar-refractivity contribution in [3.8, 4) is 5.75 Å². The van der Waals surface area contributed by atoms with Crippen LogP contribution in [0.2, 0.25) is 5.02 Å². The number of nitrogens with zero attached hydrogens (tertiary/aromatic N) is 3. The highest BCUT2D eigenvalue weighted by Gasteiger charge is 2.27. The van der Waals surface area contributed by atoms with Crippen LogP contribution < -0.4 is 4.74 Å². The van der Waals surface area contributed by atoms with Gasteiger partial charge >= 0.3 is 0 Å². The summed E-state index contributed by atoms with van der Waals surface area (Å²) in [5.41, 5.74) is 0.852. The zero-order valence-electron chi connectivity index (χ0n) is 13.8. The summed E-state index contributed by atoms with van der Waals surface area (Å²) in [6.07, 6.45) is 3.08. The van der Waals surface area contributed by atoms with Crippen LogP contribution in [0, 0.1) is 0 Å². The highest BCUT2D eigenvalue weighted by atomic mass is 35.5. The van der Waals surface area contributed by atoms with Crippen molar-refractivity contribution in [3.05, 3.63) is 53.3 Å². The summed E-state index contributed by atoms with van der Waals surface area (Å²) in [7, 11) is 0. The van der Waals surface area contributed by atoms with E-state index in [0.29, 0.717) is 35.8 Å². The van der Waals surface area contributed by atoms with Gasteiger partial charge in [0.1, 0.15) is 17.5 Å². The fourth-order valence-electron chi connectivity index (χ4n) is 2.93. The molecule has 1 saturated heterocycles. The van der Waals surface area contributed by atoms with Gasteiger partial charge < -0.3 is 19.2 Å². The molecule has 0 bridgehead atoms. The first-order valence-corrected chi connectivity index (χ1v) is 8.57. The number of carbonyl (C=O) groups excluding carboxylic acids is 1. The number of oxazole rings is 1. The number of aliphatic hydroxyl groups excluding tert-OH is 1. The lowest BCUT2D eigenvalue weighted by atomic mass is 10.2. The van der Waals surface area contributed by atoms with Gasteiger partial charge in [0.05, 0.1) is 11.1 Å². The number of hydrogen-bond acceptors (Lipinski definition) is 6. The number of hydrogen-bond donors (Lipinski definition) is 1. The number of aliphatic hydroxyl groups is 1. The quantitative estimate of drug-likeness (QED) is 0.756. The molecule has 1 aliphatic heterocycles. The molecule has 3 heterocycles. The summed E-state index contributed by atoms with van der Waals surface area (Å²) in [6, 6.07) is 7.14. The number of aromatic nitrogens is 2. The molecule has 0 saturated carbocycles. The van der Waals surface area contributed by atoms with Crippen LogP contribution in [0.25, 0.3) is 10.9 Å². The molecule has 0 spiro atoms. The van der Waals surface area contributed by atoms with E-state index in [1.54, 1.807) is 29.3 Å². The third-order valence-electron chi connectivity index (χ3n) is 4.25. The van der Waals surface area contributed by atoms with Crippen molar-refractivity contribution in [2.24, 2.45) is 0 Å². The van der Waals surface area contributed by atoms with Gasteiger partial charge in [-0.3, -0.25) is 9.78 Å². The van der Waals surface area contributed by atoms with E-state index in [9.17, 15) is 9.90 Å². The van der Waals surface area contributed by atoms with Crippen molar-refractivity contribution in [3.63, 3.8) is 0 Å². The van der Waals surface area contributed by atoms with Crippen LogP contribution in [0.4, 0.5) is 0 Å². The van der Waals surface area contributed by atoms with Crippen LogP contribution in [-0.4, -0.2) is 45.1 Å². The van der Waals surface area contributed by atoms with E-state index in [4.69, 9.17) is 20.8 Å². The third kappa shape index (κ3) is 3.23. The van der Waals surface area contributed by atoms with Gasteiger partial charge in [-0.05, 0) is 30.7 Å². The first-order valence-electron chi connectivity index (χ1n) is 8.19. The molecule has 4 rings (SSSR count). The molecular formula is C18H16ClN3O4. The van der Waals surface area contributed by atoms with Gasteiger partial charge in [-0.25, -0.2) is 4.98 Å². The molecule has 26 heavy (non-hydrogen) atoms. The molecule has 0 radical (unpaired) electrons. The Bertz CT molecular complexity index is 959. The predicted molar refractivity (Wildman–Crippen MR) is 94.1 cm³/mol. The molecule has 1 unspecified atom stereocenters. The van der Waals surface area contributed by atoms with Gasteiger partial charge in [-0.1, -0.05) is 11.6 Å². The van der Waals surface area contributed by atoms with Gasteiger partial charge in [0, 0.05) is 24.7 Å². The number of benzene rings is 1. The Morgan fingerprint density at radius 2 is 2.31 bits per heavy atom. The van der Waals surface area contributed by atoms with Crippen LogP contribution in [-0.2, 0) is 6.61 Å². The van der Waals surface area contributed by atoms with Crippen LogP contribution in [0.5, 0.6) is 5.75 Å². The fourth-order valence-corrected chi connectivity index (χ4v) is 3.15. The molecule has 3 aromatic rings. The third-order valence-corrected chi connectivity index (χ3v) is 4.58. The monoisotopic (exact) mass is 373 g/mol. The van der Waals surface area contributed by atoms with E-state index in [-0.39, 0.29) is 24.1 Å². The van der Waals surface area contributed by atoms with Crippen LogP contribution in [0.15, 0.2) is 41.1 Å². The molecule has 1 aromatic carbocycles. The maximum Gasteiger partial charge on any atom is 0.275 e. The van der Waals surface area contributed by atoms with Crippen molar-refractivity contribution < 1.29 is 19.1 Å². The Kier molecular flexibility index (Phi) is 4.48. The van der Waals surface area contributed by atoms with E-state index < -0.39 is 6.10 Å². The molecule has 134 valence electrons. The Balaban J connectivity index is 1.47. The highest BCUT2D eigenvalue weighted by molar-refractivity contribution is 6.35. The Hall–Kier alpha value is -2.64. The lowest BCUT2D eigenvalue weighted by Gasteiger charge is -2.12. The SMILES string of the molecule is O=C(c1coc(COc2ccc(Cl)c3cccnc23)n1)N1CCC(O)C1. The molecule has 1 N–H and O–H groups in total. The summed E-state index contributed by atoms with van der Waals surface area (Å²) < 4.78 is 11.1. The average Bonchev–Trinajstić information content (AvgIpc) is 3.30. The van der Waals surface area contributed by atoms with Gasteiger partial charge in [-0.15, -0.1) is 0 Å². The smallest absolute Gasteiger partial charge is 0.275 e. The first kappa shape index (κ1) is 16.8. The molecule has 1 amide bonds. The molecular weight excluding hydrogens is 358 g/mol. The standard InChI is InChI=1S/C18H16ClN3O4/c19-13-3-4-15(17-12(13)2-1-6-20-17)25-10-16-21-14(9-26-16)18(24)22-7-5-11(23)8-22/h1-4,6,9,11,23H,5,7-8,10H2. The van der Waals surface area contributed by atoms with Crippen LogP contribution in [0.3, 0.4) is 0 Å². The Labute approximate surface area is 154 Å². The van der Waals surface area contributed by atoms with Gasteiger partial charge in [-0.2, -0.15) is 0 Å². The average molecular weight is 374 g/mol. The number of likely N-dealkylation sites (tertiary alicyclic amines) is 1. The molecule has 1 fully saturated rings. The van der Waals surface area contributed by atoms with Crippen molar-refractivity contribution in [1.29, 1.82) is 0 Å². The number of amides is 1. The van der Waals surface area contributed by atoms with Crippen LogP contribution >= 0.6 is 11.6 Å². The molecule has 7 nitrogen and oxygen atoms in total.